The first-order chi connectivity index (χ1) is 11.6. The Labute approximate surface area is 142 Å². The Hall–Kier alpha value is -2.36. The number of non-ortho nitro benzene ring substituents is 1. The molecule has 0 spiro atoms. The second kappa shape index (κ2) is 5.93. The number of anilines is 1. The fraction of sp³-hybridized carbons (Fsp3) is 0.400. The van der Waals surface area contributed by atoms with Gasteiger partial charge in [-0.15, -0.1) is 0 Å². The number of nitrogens with zero attached hydrogens (tertiary/aromatic N) is 2. The Morgan fingerprint density at radius 3 is 2.54 bits per heavy atom. The molecular weight excluding hydrogens is 300 g/mol. The van der Waals surface area contributed by atoms with E-state index in [9.17, 15) is 10.1 Å². The summed E-state index contributed by atoms with van der Waals surface area (Å²) in [5.41, 5.74) is 6.37. The van der Waals surface area contributed by atoms with Gasteiger partial charge in [0.05, 0.1) is 4.92 Å². The van der Waals surface area contributed by atoms with E-state index in [1.54, 1.807) is 12.1 Å². The van der Waals surface area contributed by atoms with Crippen LogP contribution in [0.25, 0.3) is 11.1 Å². The molecule has 0 saturated carbocycles. The van der Waals surface area contributed by atoms with Gasteiger partial charge in [0.15, 0.2) is 0 Å². The van der Waals surface area contributed by atoms with Crippen LogP contribution in [0, 0.1) is 10.1 Å². The molecule has 0 aromatic heterocycles. The Morgan fingerprint density at radius 1 is 1.04 bits per heavy atom. The van der Waals surface area contributed by atoms with Gasteiger partial charge in [-0.05, 0) is 72.1 Å². The summed E-state index contributed by atoms with van der Waals surface area (Å²) in [5, 5.41) is 11.0. The summed E-state index contributed by atoms with van der Waals surface area (Å²) in [6, 6.07) is 12.0. The van der Waals surface area contributed by atoms with Crippen LogP contribution < -0.4 is 4.90 Å². The van der Waals surface area contributed by atoms with E-state index in [4.69, 9.17) is 0 Å². The van der Waals surface area contributed by atoms with Crippen molar-refractivity contribution in [2.75, 3.05) is 18.0 Å². The molecule has 1 unspecified atom stereocenters. The van der Waals surface area contributed by atoms with Crippen LogP contribution in [0.4, 0.5) is 11.4 Å². The van der Waals surface area contributed by atoms with Crippen LogP contribution in [0.2, 0.25) is 0 Å². The zero-order valence-electron chi connectivity index (χ0n) is 14.0. The minimum Gasteiger partial charge on any atom is -0.372 e. The predicted octanol–water partition coefficient (Wildman–Crippen LogP) is 4.91. The highest BCUT2D eigenvalue weighted by atomic mass is 16.6. The van der Waals surface area contributed by atoms with Crippen LogP contribution in [0.15, 0.2) is 36.4 Å². The molecule has 0 N–H and O–H groups in total. The Morgan fingerprint density at radius 2 is 1.79 bits per heavy atom. The van der Waals surface area contributed by atoms with Gasteiger partial charge in [-0.1, -0.05) is 13.0 Å². The molecule has 0 radical (unpaired) electrons. The first-order valence-electron chi connectivity index (χ1n) is 8.80. The fourth-order valence-corrected chi connectivity index (χ4v) is 4.12. The maximum Gasteiger partial charge on any atom is 0.269 e. The van der Waals surface area contributed by atoms with Crippen molar-refractivity contribution >= 4 is 11.4 Å². The third kappa shape index (κ3) is 2.56. The SMILES string of the molecule is CC1Cc2cc([N+](=O)[O-])ccc2-c2ccc(N3CCCCC3)cc21. The van der Waals surface area contributed by atoms with Crippen molar-refractivity contribution in [2.45, 2.75) is 38.5 Å². The minimum atomic E-state index is -0.306. The summed E-state index contributed by atoms with van der Waals surface area (Å²) in [5.74, 6) is 0.388. The van der Waals surface area contributed by atoms with E-state index in [1.165, 1.54) is 36.1 Å². The number of benzene rings is 2. The molecule has 0 amide bonds. The van der Waals surface area contributed by atoms with E-state index in [0.29, 0.717) is 5.92 Å². The maximum atomic E-state index is 11.0. The van der Waals surface area contributed by atoms with Crippen LogP contribution in [0.3, 0.4) is 0 Å². The topological polar surface area (TPSA) is 46.4 Å². The minimum absolute atomic E-state index is 0.189. The molecular formula is C20H22N2O2. The summed E-state index contributed by atoms with van der Waals surface area (Å²) < 4.78 is 0. The van der Waals surface area contributed by atoms with Gasteiger partial charge in [-0.2, -0.15) is 0 Å². The summed E-state index contributed by atoms with van der Waals surface area (Å²) in [7, 11) is 0. The van der Waals surface area contributed by atoms with E-state index in [2.05, 4.69) is 30.0 Å². The number of fused-ring (bicyclic) bond motifs is 3. The molecule has 1 aliphatic carbocycles. The number of rotatable bonds is 2. The first kappa shape index (κ1) is 15.2. The van der Waals surface area contributed by atoms with Crippen molar-refractivity contribution in [3.05, 3.63) is 57.6 Å². The van der Waals surface area contributed by atoms with E-state index >= 15 is 0 Å². The van der Waals surface area contributed by atoms with Gasteiger partial charge < -0.3 is 4.90 Å². The normalized spacial score (nSPS) is 19.5. The lowest BCUT2D eigenvalue weighted by molar-refractivity contribution is -0.384. The van der Waals surface area contributed by atoms with Crippen molar-refractivity contribution in [3.8, 4) is 11.1 Å². The van der Waals surface area contributed by atoms with Gasteiger partial charge >= 0.3 is 0 Å². The Kier molecular flexibility index (Phi) is 3.75. The van der Waals surface area contributed by atoms with Gasteiger partial charge in [-0.3, -0.25) is 10.1 Å². The first-order valence-corrected chi connectivity index (χ1v) is 8.80. The quantitative estimate of drug-likeness (QED) is 0.583. The van der Waals surface area contributed by atoms with Gasteiger partial charge in [0, 0.05) is 30.9 Å². The van der Waals surface area contributed by atoms with Crippen molar-refractivity contribution in [1.29, 1.82) is 0 Å². The van der Waals surface area contributed by atoms with E-state index < -0.39 is 0 Å². The van der Waals surface area contributed by atoms with Gasteiger partial charge in [0.25, 0.3) is 5.69 Å². The van der Waals surface area contributed by atoms with Crippen molar-refractivity contribution in [2.24, 2.45) is 0 Å². The number of nitro groups is 1. The highest BCUT2D eigenvalue weighted by molar-refractivity contribution is 5.77. The number of piperidine rings is 1. The molecule has 4 nitrogen and oxygen atoms in total. The number of hydrogen-bond acceptors (Lipinski definition) is 3. The molecule has 4 heteroatoms. The largest absolute Gasteiger partial charge is 0.372 e. The number of nitro benzene ring substituents is 1. The van der Waals surface area contributed by atoms with E-state index in [0.717, 1.165) is 30.6 Å². The molecule has 1 aliphatic heterocycles. The predicted molar refractivity (Wildman–Crippen MR) is 96.7 cm³/mol. The maximum absolute atomic E-state index is 11.0. The molecule has 2 aromatic carbocycles. The van der Waals surface area contributed by atoms with Crippen LogP contribution >= 0.6 is 0 Å². The van der Waals surface area contributed by atoms with Crippen LogP contribution in [-0.2, 0) is 6.42 Å². The molecule has 1 atom stereocenters. The molecule has 1 saturated heterocycles. The second-order valence-electron chi connectivity index (χ2n) is 7.02. The second-order valence-corrected chi connectivity index (χ2v) is 7.02. The van der Waals surface area contributed by atoms with Crippen molar-refractivity contribution in [1.82, 2.24) is 0 Å². The number of hydrogen-bond donors (Lipinski definition) is 0. The van der Waals surface area contributed by atoms with Gasteiger partial charge in [0.1, 0.15) is 0 Å². The standard InChI is InChI=1S/C20H22N2O2/c1-14-11-15-12-17(22(23)24)6-7-18(15)19-8-5-16(13-20(14)19)21-9-3-2-4-10-21/h5-8,12-14H,2-4,9-11H2,1H3. The molecule has 0 bridgehead atoms. The lowest BCUT2D eigenvalue weighted by Crippen LogP contribution is -2.29. The summed E-state index contributed by atoms with van der Waals surface area (Å²) >= 11 is 0. The smallest absolute Gasteiger partial charge is 0.269 e. The van der Waals surface area contributed by atoms with Gasteiger partial charge in [-0.25, -0.2) is 0 Å². The molecule has 2 aliphatic rings. The molecule has 1 fully saturated rings. The highest BCUT2D eigenvalue weighted by Crippen LogP contribution is 2.42. The van der Waals surface area contributed by atoms with E-state index in [1.807, 2.05) is 6.07 Å². The van der Waals surface area contributed by atoms with E-state index in [-0.39, 0.29) is 10.6 Å². The highest BCUT2D eigenvalue weighted by Gasteiger charge is 2.24. The van der Waals surface area contributed by atoms with Crippen molar-refractivity contribution in [3.63, 3.8) is 0 Å². The van der Waals surface area contributed by atoms with Crippen LogP contribution in [0.1, 0.15) is 43.2 Å². The van der Waals surface area contributed by atoms with Crippen LogP contribution in [0.5, 0.6) is 0 Å². The lowest BCUT2D eigenvalue weighted by Gasteiger charge is -2.31. The zero-order chi connectivity index (χ0) is 16.7. The summed E-state index contributed by atoms with van der Waals surface area (Å²) in [6.07, 6.45) is 4.76. The fourth-order valence-electron chi connectivity index (χ4n) is 4.12. The molecule has 124 valence electrons. The molecule has 1 heterocycles. The molecule has 4 rings (SSSR count). The third-order valence-corrected chi connectivity index (χ3v) is 5.40. The molecule has 24 heavy (non-hydrogen) atoms. The Balaban J connectivity index is 1.75. The average Bonchev–Trinajstić information content (AvgIpc) is 2.62. The van der Waals surface area contributed by atoms with Crippen molar-refractivity contribution < 1.29 is 4.92 Å². The lowest BCUT2D eigenvalue weighted by atomic mass is 9.79. The average molecular weight is 322 g/mol. The summed E-state index contributed by atoms with van der Waals surface area (Å²) in [6.45, 7) is 4.52. The summed E-state index contributed by atoms with van der Waals surface area (Å²) in [4.78, 5) is 13.2. The third-order valence-electron chi connectivity index (χ3n) is 5.40. The Bertz CT molecular complexity index is 794. The van der Waals surface area contributed by atoms with Crippen LogP contribution in [-0.4, -0.2) is 18.0 Å². The monoisotopic (exact) mass is 322 g/mol. The zero-order valence-corrected chi connectivity index (χ0v) is 14.0. The van der Waals surface area contributed by atoms with Gasteiger partial charge in [0.2, 0.25) is 0 Å². The molecule has 2 aromatic rings.